The molecule has 3 heteroatoms. The predicted molar refractivity (Wildman–Crippen MR) is 189 cm³/mol. The van der Waals surface area contributed by atoms with Gasteiger partial charge in [-0.25, -0.2) is 0 Å². The van der Waals surface area contributed by atoms with Crippen molar-refractivity contribution in [3.05, 3.63) is 175 Å². The Morgan fingerprint density at radius 2 is 1.20 bits per heavy atom. The van der Waals surface area contributed by atoms with E-state index >= 15 is 0 Å². The number of benzene rings is 6. The second-order valence-corrected chi connectivity index (χ2v) is 12.0. The lowest BCUT2D eigenvalue weighted by Gasteiger charge is -2.29. The summed E-state index contributed by atoms with van der Waals surface area (Å²) in [6.45, 7) is 0. The van der Waals surface area contributed by atoms with E-state index in [0.29, 0.717) is 0 Å². The molecular formula is C42H31N3. The van der Waals surface area contributed by atoms with Crippen LogP contribution in [0.3, 0.4) is 0 Å². The van der Waals surface area contributed by atoms with Gasteiger partial charge in [-0.2, -0.15) is 0 Å². The summed E-state index contributed by atoms with van der Waals surface area (Å²) in [4.78, 5) is 2.49. The van der Waals surface area contributed by atoms with Crippen LogP contribution >= 0.6 is 0 Å². The van der Waals surface area contributed by atoms with Gasteiger partial charge in [0.1, 0.15) is 0 Å². The maximum atomic E-state index is 6.01. The van der Waals surface area contributed by atoms with Crippen LogP contribution in [0.25, 0.3) is 44.2 Å². The Bertz CT molecular complexity index is 2280. The molecule has 2 aliphatic rings. The predicted octanol–water partition coefficient (Wildman–Crippen LogP) is 10.3. The van der Waals surface area contributed by atoms with E-state index in [-0.39, 0.29) is 12.0 Å². The minimum atomic E-state index is 0.205. The highest BCUT2D eigenvalue weighted by Crippen LogP contribution is 2.50. The first-order valence-electron chi connectivity index (χ1n) is 15.6. The molecule has 1 aliphatic heterocycles. The molecule has 9 rings (SSSR count). The smallest absolute Gasteiger partial charge is 0.0630 e. The number of nitrogen functional groups attached to an aromatic ring is 1. The average molecular weight is 578 g/mol. The van der Waals surface area contributed by atoms with E-state index in [1.54, 1.807) is 0 Å². The molecule has 2 heterocycles. The Balaban J connectivity index is 1.18. The van der Waals surface area contributed by atoms with Crippen LogP contribution in [-0.2, 0) is 0 Å². The van der Waals surface area contributed by atoms with Crippen molar-refractivity contribution in [3.8, 4) is 16.8 Å². The molecule has 0 radical (unpaired) electrons. The number of hydrogen-bond acceptors (Lipinski definition) is 2. The van der Waals surface area contributed by atoms with E-state index < -0.39 is 0 Å². The highest BCUT2D eigenvalue weighted by molar-refractivity contribution is 6.10. The number of hydrogen-bond donors (Lipinski definition) is 1. The summed E-state index contributed by atoms with van der Waals surface area (Å²) in [7, 11) is 0. The van der Waals surface area contributed by atoms with Gasteiger partial charge < -0.3 is 15.2 Å². The highest BCUT2D eigenvalue weighted by Gasteiger charge is 2.38. The van der Waals surface area contributed by atoms with Crippen molar-refractivity contribution < 1.29 is 0 Å². The summed E-state index contributed by atoms with van der Waals surface area (Å²) < 4.78 is 2.37. The summed E-state index contributed by atoms with van der Waals surface area (Å²) in [5, 5.41) is 2.54. The van der Waals surface area contributed by atoms with E-state index in [1.165, 1.54) is 66.7 Å². The van der Waals surface area contributed by atoms with Crippen LogP contribution in [-0.4, -0.2) is 10.6 Å². The quantitative estimate of drug-likeness (QED) is 0.211. The number of anilines is 3. The topological polar surface area (TPSA) is 34.2 Å². The number of aromatic nitrogens is 1. The minimum Gasteiger partial charge on any atom is -0.399 e. The zero-order chi connectivity index (χ0) is 29.9. The zero-order valence-corrected chi connectivity index (χ0v) is 24.7. The molecule has 0 fully saturated rings. The van der Waals surface area contributed by atoms with Crippen LogP contribution < -0.4 is 10.6 Å². The first-order valence-corrected chi connectivity index (χ1v) is 15.6. The molecule has 2 unspecified atom stereocenters. The molecule has 3 nitrogen and oxygen atoms in total. The number of rotatable bonds is 4. The third-order valence-electron chi connectivity index (χ3n) is 9.44. The molecule has 1 aliphatic carbocycles. The van der Waals surface area contributed by atoms with Gasteiger partial charge in [-0.3, -0.25) is 0 Å². The van der Waals surface area contributed by atoms with E-state index in [9.17, 15) is 0 Å². The van der Waals surface area contributed by atoms with E-state index in [4.69, 9.17) is 5.73 Å². The van der Waals surface area contributed by atoms with Gasteiger partial charge in [0.15, 0.2) is 0 Å². The molecule has 0 saturated heterocycles. The van der Waals surface area contributed by atoms with Crippen molar-refractivity contribution in [2.45, 2.75) is 12.0 Å². The molecule has 0 saturated carbocycles. The number of para-hydroxylation sites is 3. The second kappa shape index (κ2) is 10.1. The molecule has 0 bridgehead atoms. The lowest BCUT2D eigenvalue weighted by Crippen LogP contribution is -2.28. The van der Waals surface area contributed by atoms with Crippen molar-refractivity contribution in [1.29, 1.82) is 0 Å². The van der Waals surface area contributed by atoms with Gasteiger partial charge in [0, 0.05) is 39.4 Å². The lowest BCUT2D eigenvalue weighted by atomic mass is 9.85. The lowest BCUT2D eigenvalue weighted by molar-refractivity contribution is 0.747. The molecule has 2 atom stereocenters. The Labute approximate surface area is 262 Å². The molecule has 1 aromatic heterocycles. The summed E-state index contributed by atoms with van der Waals surface area (Å²) in [5.41, 5.74) is 19.1. The number of fused-ring (bicyclic) bond motifs is 6. The van der Waals surface area contributed by atoms with Crippen molar-refractivity contribution in [3.63, 3.8) is 0 Å². The molecule has 0 amide bonds. The fraction of sp³-hybridized carbons (Fsp3) is 0.0476. The standard InChI is InChI=1S/C42H31N3/c43-32-20-15-28(16-21-32)29-17-22-41-37(25-29)38-27-31(19-24-42(38)45(41)34-11-5-2-6-12-34)30-18-23-40-36(26-30)35-13-7-8-14-39(35)44(40)33-9-3-1-4-10-33/h1-27,38,42H,43H2. The Morgan fingerprint density at radius 1 is 0.533 bits per heavy atom. The van der Waals surface area contributed by atoms with E-state index in [0.717, 1.165) is 5.69 Å². The van der Waals surface area contributed by atoms with Crippen LogP contribution in [0.5, 0.6) is 0 Å². The first kappa shape index (κ1) is 25.7. The maximum absolute atomic E-state index is 6.01. The third kappa shape index (κ3) is 4.12. The average Bonchev–Trinajstić information content (AvgIpc) is 3.61. The molecular weight excluding hydrogens is 546 g/mol. The fourth-order valence-corrected chi connectivity index (χ4v) is 7.35. The highest BCUT2D eigenvalue weighted by atomic mass is 15.2. The SMILES string of the molecule is Nc1ccc(-c2ccc3c(c2)C2C=C(c4ccc5c(c4)c4ccccc4n5-c4ccccc4)C=CC2N3c2ccccc2)cc1. The van der Waals surface area contributed by atoms with Gasteiger partial charge in [0.05, 0.1) is 17.1 Å². The summed E-state index contributed by atoms with van der Waals surface area (Å²) in [6.07, 6.45) is 7.20. The Hall–Kier alpha value is -5.80. The molecule has 45 heavy (non-hydrogen) atoms. The van der Waals surface area contributed by atoms with Gasteiger partial charge in [0.25, 0.3) is 0 Å². The molecule has 6 aromatic carbocycles. The Kier molecular flexibility index (Phi) is 5.79. The third-order valence-corrected chi connectivity index (χ3v) is 9.44. The van der Waals surface area contributed by atoms with Gasteiger partial charge in [-0.1, -0.05) is 97.1 Å². The molecule has 214 valence electrons. The first-order chi connectivity index (χ1) is 22.2. The normalized spacial score (nSPS) is 17.0. The fourth-order valence-electron chi connectivity index (χ4n) is 7.35. The maximum Gasteiger partial charge on any atom is 0.0630 e. The summed E-state index contributed by atoms with van der Waals surface area (Å²) in [5.74, 6) is 0.218. The van der Waals surface area contributed by atoms with Crippen LogP contribution in [0.15, 0.2) is 164 Å². The van der Waals surface area contributed by atoms with Crippen LogP contribution in [0.4, 0.5) is 17.1 Å². The van der Waals surface area contributed by atoms with Crippen molar-refractivity contribution in [1.82, 2.24) is 4.57 Å². The van der Waals surface area contributed by atoms with Crippen LogP contribution in [0.2, 0.25) is 0 Å². The van der Waals surface area contributed by atoms with Crippen LogP contribution in [0.1, 0.15) is 17.0 Å². The number of nitrogens with two attached hydrogens (primary N) is 1. The van der Waals surface area contributed by atoms with Crippen molar-refractivity contribution in [2.75, 3.05) is 10.6 Å². The summed E-state index contributed by atoms with van der Waals surface area (Å²) >= 11 is 0. The molecule has 2 N–H and O–H groups in total. The van der Waals surface area contributed by atoms with Gasteiger partial charge >= 0.3 is 0 Å². The molecule has 7 aromatic rings. The summed E-state index contributed by atoms with van der Waals surface area (Å²) in [6, 6.07) is 52.4. The Morgan fingerprint density at radius 3 is 2.00 bits per heavy atom. The van der Waals surface area contributed by atoms with E-state index in [1.807, 2.05) is 12.1 Å². The second-order valence-electron chi connectivity index (χ2n) is 12.0. The minimum absolute atomic E-state index is 0.205. The zero-order valence-electron chi connectivity index (χ0n) is 24.7. The monoisotopic (exact) mass is 577 g/mol. The van der Waals surface area contributed by atoms with Gasteiger partial charge in [0.2, 0.25) is 0 Å². The number of allylic oxidation sites excluding steroid dienone is 2. The van der Waals surface area contributed by atoms with Gasteiger partial charge in [-0.05, 0) is 94.6 Å². The van der Waals surface area contributed by atoms with Crippen LogP contribution in [0, 0.1) is 0 Å². The van der Waals surface area contributed by atoms with Gasteiger partial charge in [-0.15, -0.1) is 0 Å². The largest absolute Gasteiger partial charge is 0.399 e. The van der Waals surface area contributed by atoms with Crippen molar-refractivity contribution in [2.24, 2.45) is 0 Å². The molecule has 0 spiro atoms. The van der Waals surface area contributed by atoms with E-state index in [2.05, 4.69) is 161 Å². The number of nitrogens with zero attached hydrogens (tertiary/aromatic N) is 2. The van der Waals surface area contributed by atoms with Crippen molar-refractivity contribution >= 4 is 44.4 Å².